The van der Waals surface area contributed by atoms with E-state index in [1.807, 2.05) is 29.2 Å². The normalized spacial score (nSPS) is 16.8. The standard InChI is InChI=1S/C20H24N2O.ClH/c1-14-5-3-6-18(15(14)2)19-7-4-12-22(19)20(23)17-10-8-16(13-21)9-11-17;/h3,5-6,8-11,19H,4,7,12-13,21H2,1-2H3;1H. The van der Waals surface area contributed by atoms with Gasteiger partial charge in [0, 0.05) is 18.7 Å². The van der Waals surface area contributed by atoms with E-state index in [9.17, 15) is 4.79 Å². The minimum atomic E-state index is 0. The minimum Gasteiger partial charge on any atom is -0.332 e. The zero-order valence-electron chi connectivity index (χ0n) is 14.3. The molecule has 4 heteroatoms. The van der Waals surface area contributed by atoms with E-state index >= 15 is 0 Å². The van der Waals surface area contributed by atoms with Gasteiger partial charge < -0.3 is 10.6 Å². The number of amides is 1. The van der Waals surface area contributed by atoms with Gasteiger partial charge >= 0.3 is 0 Å². The van der Waals surface area contributed by atoms with Crippen LogP contribution in [0, 0.1) is 13.8 Å². The molecule has 2 N–H and O–H groups in total. The number of aryl methyl sites for hydroxylation is 1. The van der Waals surface area contributed by atoms with Gasteiger partial charge in [0.05, 0.1) is 6.04 Å². The maximum Gasteiger partial charge on any atom is 0.254 e. The summed E-state index contributed by atoms with van der Waals surface area (Å²) in [6.07, 6.45) is 2.10. The van der Waals surface area contributed by atoms with Crippen molar-refractivity contribution < 1.29 is 4.79 Å². The maximum absolute atomic E-state index is 12.9. The first-order valence-corrected chi connectivity index (χ1v) is 8.28. The lowest BCUT2D eigenvalue weighted by Gasteiger charge is -2.27. The molecule has 1 amide bonds. The van der Waals surface area contributed by atoms with Gasteiger partial charge in [0.1, 0.15) is 0 Å². The largest absolute Gasteiger partial charge is 0.332 e. The molecule has 3 nitrogen and oxygen atoms in total. The highest BCUT2D eigenvalue weighted by molar-refractivity contribution is 5.94. The zero-order valence-corrected chi connectivity index (χ0v) is 15.1. The highest BCUT2D eigenvalue weighted by atomic mass is 35.5. The topological polar surface area (TPSA) is 46.3 Å². The van der Waals surface area contributed by atoms with Crippen molar-refractivity contribution in [2.75, 3.05) is 6.54 Å². The number of rotatable bonds is 3. The van der Waals surface area contributed by atoms with Crippen LogP contribution in [0.25, 0.3) is 0 Å². The summed E-state index contributed by atoms with van der Waals surface area (Å²) in [6.45, 7) is 5.62. The van der Waals surface area contributed by atoms with Gasteiger partial charge in [-0.25, -0.2) is 0 Å². The smallest absolute Gasteiger partial charge is 0.254 e. The second-order valence-electron chi connectivity index (χ2n) is 6.35. The number of hydrogen-bond acceptors (Lipinski definition) is 2. The Morgan fingerprint density at radius 2 is 1.88 bits per heavy atom. The summed E-state index contributed by atoms with van der Waals surface area (Å²) < 4.78 is 0. The Labute approximate surface area is 150 Å². The van der Waals surface area contributed by atoms with E-state index < -0.39 is 0 Å². The lowest BCUT2D eigenvalue weighted by Crippen LogP contribution is -2.31. The third-order valence-electron chi connectivity index (χ3n) is 4.96. The summed E-state index contributed by atoms with van der Waals surface area (Å²) in [5.74, 6) is 0.122. The van der Waals surface area contributed by atoms with Crippen LogP contribution in [0.4, 0.5) is 0 Å². The molecule has 1 aliphatic rings. The Bertz CT molecular complexity index is 712. The fraction of sp³-hybridized carbons (Fsp3) is 0.350. The molecule has 0 aliphatic carbocycles. The molecular weight excluding hydrogens is 320 g/mol. The van der Waals surface area contributed by atoms with Crippen molar-refractivity contribution in [1.82, 2.24) is 4.90 Å². The second-order valence-corrected chi connectivity index (χ2v) is 6.35. The Kier molecular flexibility index (Phi) is 6.03. The van der Waals surface area contributed by atoms with Crippen LogP contribution in [-0.2, 0) is 6.54 Å². The van der Waals surface area contributed by atoms with Crippen LogP contribution in [0.15, 0.2) is 42.5 Å². The number of carbonyl (C=O) groups excluding carboxylic acids is 1. The fourth-order valence-electron chi connectivity index (χ4n) is 3.42. The van der Waals surface area contributed by atoms with Crippen LogP contribution in [0.2, 0.25) is 0 Å². The molecule has 0 radical (unpaired) electrons. The van der Waals surface area contributed by atoms with E-state index in [1.165, 1.54) is 16.7 Å². The Morgan fingerprint density at radius 3 is 2.54 bits per heavy atom. The first kappa shape index (κ1) is 18.5. The van der Waals surface area contributed by atoms with Crippen LogP contribution >= 0.6 is 12.4 Å². The van der Waals surface area contributed by atoms with E-state index in [-0.39, 0.29) is 24.4 Å². The van der Waals surface area contributed by atoms with Gasteiger partial charge in [-0.15, -0.1) is 12.4 Å². The highest BCUT2D eigenvalue weighted by Gasteiger charge is 2.31. The molecular formula is C20H25ClN2O. The first-order chi connectivity index (χ1) is 11.1. The molecule has 1 aliphatic heterocycles. The molecule has 0 bridgehead atoms. The van der Waals surface area contributed by atoms with Gasteiger partial charge in [0.25, 0.3) is 5.91 Å². The minimum absolute atomic E-state index is 0. The third kappa shape index (κ3) is 3.47. The number of likely N-dealkylation sites (tertiary alicyclic amines) is 1. The zero-order chi connectivity index (χ0) is 16.4. The fourth-order valence-corrected chi connectivity index (χ4v) is 3.42. The molecule has 1 atom stereocenters. The Morgan fingerprint density at radius 1 is 1.17 bits per heavy atom. The van der Waals surface area contributed by atoms with Crippen LogP contribution in [0.5, 0.6) is 0 Å². The quantitative estimate of drug-likeness (QED) is 0.908. The van der Waals surface area contributed by atoms with Crippen molar-refractivity contribution in [3.05, 3.63) is 70.3 Å². The highest BCUT2D eigenvalue weighted by Crippen LogP contribution is 2.35. The Balaban J connectivity index is 0.00000208. The van der Waals surface area contributed by atoms with Gasteiger partial charge in [-0.2, -0.15) is 0 Å². The van der Waals surface area contributed by atoms with Gasteiger partial charge in [-0.05, 0) is 61.1 Å². The predicted molar refractivity (Wildman–Crippen MR) is 101 cm³/mol. The van der Waals surface area contributed by atoms with Gasteiger partial charge in [0.15, 0.2) is 0 Å². The van der Waals surface area contributed by atoms with Crippen LogP contribution < -0.4 is 5.73 Å². The molecule has 0 spiro atoms. The van der Waals surface area contributed by atoms with Gasteiger partial charge in [-0.1, -0.05) is 30.3 Å². The van der Waals surface area contributed by atoms with Crippen molar-refractivity contribution in [1.29, 1.82) is 0 Å². The first-order valence-electron chi connectivity index (χ1n) is 8.28. The number of halogens is 1. The molecule has 2 aromatic rings. The summed E-state index contributed by atoms with van der Waals surface area (Å²) in [5.41, 5.74) is 11.3. The monoisotopic (exact) mass is 344 g/mol. The van der Waals surface area contributed by atoms with Gasteiger partial charge in [-0.3, -0.25) is 4.79 Å². The summed E-state index contributed by atoms with van der Waals surface area (Å²) in [5, 5.41) is 0. The van der Waals surface area contributed by atoms with E-state index in [1.54, 1.807) is 0 Å². The van der Waals surface area contributed by atoms with Gasteiger partial charge in [0.2, 0.25) is 0 Å². The van der Waals surface area contributed by atoms with Crippen molar-refractivity contribution in [3.63, 3.8) is 0 Å². The molecule has 1 unspecified atom stereocenters. The predicted octanol–water partition coefficient (Wildman–Crippen LogP) is 4.16. The Hall–Kier alpha value is -1.84. The summed E-state index contributed by atoms with van der Waals surface area (Å²) in [6, 6.07) is 14.2. The second kappa shape index (κ2) is 7.82. The lowest BCUT2D eigenvalue weighted by molar-refractivity contribution is 0.0735. The molecule has 3 rings (SSSR count). The maximum atomic E-state index is 12.9. The van der Waals surface area contributed by atoms with Crippen LogP contribution in [0.1, 0.15) is 51.5 Å². The van der Waals surface area contributed by atoms with E-state index in [0.29, 0.717) is 6.54 Å². The molecule has 0 aromatic heterocycles. The number of carbonyl (C=O) groups is 1. The number of benzene rings is 2. The summed E-state index contributed by atoms with van der Waals surface area (Å²) >= 11 is 0. The number of nitrogens with zero attached hydrogens (tertiary/aromatic N) is 1. The average molecular weight is 345 g/mol. The molecule has 24 heavy (non-hydrogen) atoms. The SMILES string of the molecule is Cc1cccc(C2CCCN2C(=O)c2ccc(CN)cc2)c1C.Cl. The molecule has 2 aromatic carbocycles. The molecule has 128 valence electrons. The van der Waals surface area contributed by atoms with Crippen molar-refractivity contribution in [2.45, 2.75) is 39.3 Å². The molecule has 0 saturated carbocycles. The summed E-state index contributed by atoms with van der Waals surface area (Å²) in [7, 11) is 0. The lowest BCUT2D eigenvalue weighted by atomic mass is 9.95. The molecule has 1 fully saturated rings. The average Bonchev–Trinajstić information content (AvgIpc) is 3.06. The van der Waals surface area contributed by atoms with Crippen LogP contribution in [0.3, 0.4) is 0 Å². The number of hydrogen-bond donors (Lipinski definition) is 1. The van der Waals surface area contributed by atoms with E-state index in [0.717, 1.165) is 30.5 Å². The molecule has 1 heterocycles. The van der Waals surface area contributed by atoms with Crippen molar-refractivity contribution in [2.24, 2.45) is 5.73 Å². The summed E-state index contributed by atoms with van der Waals surface area (Å²) in [4.78, 5) is 14.9. The van der Waals surface area contributed by atoms with Crippen molar-refractivity contribution >= 4 is 18.3 Å². The molecule has 1 saturated heterocycles. The third-order valence-corrected chi connectivity index (χ3v) is 4.96. The van der Waals surface area contributed by atoms with Crippen LogP contribution in [-0.4, -0.2) is 17.4 Å². The van der Waals surface area contributed by atoms with Crippen molar-refractivity contribution in [3.8, 4) is 0 Å². The van der Waals surface area contributed by atoms with E-state index in [4.69, 9.17) is 5.73 Å². The van der Waals surface area contributed by atoms with E-state index in [2.05, 4.69) is 32.0 Å². The number of nitrogens with two attached hydrogens (primary N) is 1.